The summed E-state index contributed by atoms with van der Waals surface area (Å²) in [5, 5.41) is 33.1. The number of hydrogen-bond donors (Lipinski definition) is 3. The number of carbonyl (C=O) groups excluding carboxylic acids is 1. The number of nitrogens with zero attached hydrogens (tertiary/aromatic N) is 7. The number of aromatic nitrogens is 6. The molecule has 3 N–H and O–H groups in total. The third-order valence-electron chi connectivity index (χ3n) is 8.70. The quantitative estimate of drug-likeness (QED) is 0.178. The molecule has 264 valence electrons. The predicted molar refractivity (Wildman–Crippen MR) is 182 cm³/mol. The highest BCUT2D eigenvalue weighted by atomic mass is 35.5. The van der Waals surface area contributed by atoms with Gasteiger partial charge >= 0.3 is 6.16 Å². The van der Waals surface area contributed by atoms with Gasteiger partial charge < -0.3 is 34.9 Å². The Labute approximate surface area is 291 Å². The van der Waals surface area contributed by atoms with E-state index in [4.69, 9.17) is 35.5 Å². The Hall–Kier alpha value is -4.10. The van der Waals surface area contributed by atoms with Crippen molar-refractivity contribution < 1.29 is 23.7 Å². The van der Waals surface area contributed by atoms with Crippen molar-refractivity contribution in [3.63, 3.8) is 0 Å². The summed E-state index contributed by atoms with van der Waals surface area (Å²) in [6, 6.07) is 11.0. The highest BCUT2D eigenvalue weighted by molar-refractivity contribution is 6.33. The van der Waals surface area contributed by atoms with Crippen molar-refractivity contribution in [2.75, 3.05) is 43.6 Å². The molecule has 49 heavy (non-hydrogen) atoms. The Morgan fingerprint density at radius 1 is 1.18 bits per heavy atom. The highest BCUT2D eigenvalue weighted by Gasteiger charge is 2.32. The highest BCUT2D eigenvalue weighted by Crippen LogP contribution is 2.32. The van der Waals surface area contributed by atoms with Crippen molar-refractivity contribution in [3.8, 4) is 17.3 Å². The Kier molecular flexibility index (Phi) is 12.9. The molecule has 0 spiro atoms. The summed E-state index contributed by atoms with van der Waals surface area (Å²) in [5.74, 6) is 1.86. The van der Waals surface area contributed by atoms with Crippen molar-refractivity contribution in [2.45, 2.75) is 90.3 Å². The molecular weight excluding hydrogens is 652 g/mol. The first-order valence-electron chi connectivity index (χ1n) is 16.8. The number of carbonyl (C=O) groups is 1. The lowest BCUT2D eigenvalue weighted by molar-refractivity contribution is -0.00552. The van der Waals surface area contributed by atoms with Gasteiger partial charge in [-0.2, -0.15) is 5.26 Å². The fourth-order valence-corrected chi connectivity index (χ4v) is 6.14. The van der Waals surface area contributed by atoms with E-state index >= 15 is 0 Å². The van der Waals surface area contributed by atoms with Gasteiger partial charge in [0.25, 0.3) is 0 Å². The van der Waals surface area contributed by atoms with Crippen LogP contribution >= 0.6 is 11.6 Å². The van der Waals surface area contributed by atoms with Gasteiger partial charge in [-0.3, -0.25) is 0 Å². The summed E-state index contributed by atoms with van der Waals surface area (Å²) in [6.07, 6.45) is 5.56. The first-order valence-corrected chi connectivity index (χ1v) is 17.2. The SMILES string of the molecule is CCOC(=O)O[C@@H](C)n1nnc(COCC(C)N[C@H]2CC[C@H](Nc3cc(-c4cccc(NCC5(C#N)CCOCC5)n4)c(Cl)cn3)CC2)n1. The first-order chi connectivity index (χ1) is 23.8. The molecule has 1 saturated carbocycles. The van der Waals surface area contributed by atoms with Crippen LogP contribution in [0.5, 0.6) is 0 Å². The topological polar surface area (TPSA) is 183 Å². The maximum atomic E-state index is 11.5. The zero-order valence-corrected chi connectivity index (χ0v) is 29.0. The van der Waals surface area contributed by atoms with Gasteiger partial charge in [-0.25, -0.2) is 14.8 Å². The lowest BCUT2D eigenvalue weighted by Gasteiger charge is -2.32. The number of hydrogen-bond acceptors (Lipinski definition) is 14. The summed E-state index contributed by atoms with van der Waals surface area (Å²) in [5.41, 5.74) is 1.08. The minimum atomic E-state index is -0.785. The molecule has 5 rings (SSSR count). The molecule has 0 amide bonds. The lowest BCUT2D eigenvalue weighted by Crippen LogP contribution is -2.43. The van der Waals surface area contributed by atoms with Gasteiger partial charge in [0.15, 0.2) is 0 Å². The molecule has 1 aliphatic carbocycles. The second-order valence-corrected chi connectivity index (χ2v) is 12.9. The number of tetrazole rings is 1. The van der Waals surface area contributed by atoms with E-state index in [2.05, 4.69) is 49.3 Å². The van der Waals surface area contributed by atoms with Crippen LogP contribution in [0.3, 0.4) is 0 Å². The average Bonchev–Trinajstić information content (AvgIpc) is 3.59. The van der Waals surface area contributed by atoms with E-state index in [9.17, 15) is 10.1 Å². The van der Waals surface area contributed by atoms with E-state index in [0.29, 0.717) is 61.9 Å². The van der Waals surface area contributed by atoms with Crippen LogP contribution in [-0.4, -0.2) is 87.4 Å². The van der Waals surface area contributed by atoms with Crippen LogP contribution in [0.15, 0.2) is 30.5 Å². The lowest BCUT2D eigenvalue weighted by atomic mass is 9.82. The zero-order chi connectivity index (χ0) is 34.6. The van der Waals surface area contributed by atoms with E-state index in [1.165, 1.54) is 4.80 Å². The van der Waals surface area contributed by atoms with Crippen LogP contribution in [-0.2, 0) is 25.6 Å². The number of ether oxygens (including phenoxy) is 4. The van der Waals surface area contributed by atoms with E-state index in [-0.39, 0.29) is 25.3 Å². The van der Waals surface area contributed by atoms with Crippen LogP contribution in [0.25, 0.3) is 11.3 Å². The minimum absolute atomic E-state index is 0.135. The van der Waals surface area contributed by atoms with Crippen molar-refractivity contribution in [2.24, 2.45) is 5.41 Å². The standard InChI is InChI=1S/C33H45ClN10O5/c1-4-48-32(45)49-23(3)44-42-31(41-43-44)19-47-18-22(2)38-24-8-10-25(11-9-24)39-30-16-26(27(34)17-36-30)28-6-5-7-29(40-28)37-21-33(20-35)12-14-46-15-13-33/h5-7,16-17,22-25,38H,4,8-15,18-19,21H2,1-3H3,(H,36,39)(H,37,40)/t22?,23-,24-,25-/m0/s1. The average molecular weight is 697 g/mol. The monoisotopic (exact) mass is 696 g/mol. The maximum absolute atomic E-state index is 11.5. The van der Waals surface area contributed by atoms with Crippen molar-refractivity contribution in [1.82, 2.24) is 35.5 Å². The number of rotatable bonds is 15. The molecule has 0 radical (unpaired) electrons. The van der Waals surface area contributed by atoms with Gasteiger partial charge in [0, 0.05) is 49.6 Å². The molecule has 2 atom stereocenters. The summed E-state index contributed by atoms with van der Waals surface area (Å²) < 4.78 is 21.1. The molecule has 0 aromatic carbocycles. The maximum Gasteiger partial charge on any atom is 0.510 e. The second kappa shape index (κ2) is 17.5. The third kappa shape index (κ3) is 10.4. The summed E-state index contributed by atoms with van der Waals surface area (Å²) in [6.45, 7) is 8.03. The number of nitrogens with one attached hydrogen (secondary N) is 3. The molecule has 0 bridgehead atoms. The van der Waals surface area contributed by atoms with E-state index in [0.717, 1.165) is 42.8 Å². The fourth-order valence-electron chi connectivity index (χ4n) is 5.94. The van der Waals surface area contributed by atoms with Gasteiger partial charge in [0.2, 0.25) is 12.1 Å². The third-order valence-corrected chi connectivity index (χ3v) is 9.00. The summed E-state index contributed by atoms with van der Waals surface area (Å²) in [4.78, 5) is 22.1. The minimum Gasteiger partial charge on any atom is -0.435 e. The Morgan fingerprint density at radius 3 is 2.71 bits per heavy atom. The van der Waals surface area contributed by atoms with Gasteiger partial charge in [0.1, 0.15) is 18.2 Å². The number of anilines is 2. The van der Waals surface area contributed by atoms with Crippen LogP contribution in [0, 0.1) is 16.7 Å². The molecule has 3 aromatic rings. The van der Waals surface area contributed by atoms with Gasteiger partial charge in [-0.15, -0.1) is 15.0 Å². The van der Waals surface area contributed by atoms with Crippen LogP contribution < -0.4 is 16.0 Å². The van der Waals surface area contributed by atoms with Crippen LogP contribution in [0.4, 0.5) is 16.4 Å². The van der Waals surface area contributed by atoms with E-state index in [1.807, 2.05) is 24.3 Å². The Bertz CT molecular complexity index is 1550. The van der Waals surface area contributed by atoms with E-state index < -0.39 is 17.8 Å². The molecule has 1 unspecified atom stereocenters. The normalized spacial score (nSPS) is 20.1. The zero-order valence-electron chi connectivity index (χ0n) is 28.2. The van der Waals surface area contributed by atoms with Crippen LogP contribution in [0.2, 0.25) is 5.02 Å². The molecule has 1 saturated heterocycles. The van der Waals surface area contributed by atoms with Gasteiger partial charge in [0.05, 0.1) is 35.4 Å². The number of halogens is 1. The Balaban J connectivity index is 1.04. The van der Waals surface area contributed by atoms with Crippen molar-refractivity contribution >= 4 is 29.4 Å². The number of pyridine rings is 2. The van der Waals surface area contributed by atoms with Gasteiger partial charge in [-0.05, 0) is 82.7 Å². The molecule has 2 aliphatic rings. The fraction of sp³-hybridized carbons (Fsp3) is 0.606. The smallest absolute Gasteiger partial charge is 0.435 e. The molecule has 1 aliphatic heterocycles. The summed E-state index contributed by atoms with van der Waals surface area (Å²) >= 11 is 6.59. The molecule has 16 heteroatoms. The predicted octanol–water partition coefficient (Wildman–Crippen LogP) is 5.13. The molecule has 2 fully saturated rings. The molecular formula is C33H45ClN10O5. The second-order valence-electron chi connectivity index (χ2n) is 12.5. The molecule has 3 aromatic heterocycles. The Morgan fingerprint density at radius 2 is 1.96 bits per heavy atom. The largest absolute Gasteiger partial charge is 0.510 e. The van der Waals surface area contributed by atoms with Crippen molar-refractivity contribution in [1.29, 1.82) is 5.26 Å². The first kappa shape index (κ1) is 36.2. The van der Waals surface area contributed by atoms with E-state index in [1.54, 1.807) is 20.0 Å². The van der Waals surface area contributed by atoms with Crippen molar-refractivity contribution in [3.05, 3.63) is 41.3 Å². The number of nitriles is 1. The van der Waals surface area contributed by atoms with Crippen LogP contribution in [0.1, 0.15) is 71.3 Å². The molecule has 4 heterocycles. The molecule has 15 nitrogen and oxygen atoms in total. The van der Waals surface area contributed by atoms with Gasteiger partial charge in [-0.1, -0.05) is 17.7 Å². The summed E-state index contributed by atoms with van der Waals surface area (Å²) in [7, 11) is 0.